The summed E-state index contributed by atoms with van der Waals surface area (Å²) in [5, 5.41) is 10.3. The van der Waals surface area contributed by atoms with Crippen molar-refractivity contribution >= 4 is 34.5 Å². The van der Waals surface area contributed by atoms with Crippen LogP contribution < -0.4 is 5.32 Å². The first-order valence-corrected chi connectivity index (χ1v) is 6.95. The van der Waals surface area contributed by atoms with Crippen LogP contribution in [0.15, 0.2) is 48.8 Å². The van der Waals surface area contributed by atoms with E-state index in [4.69, 9.17) is 11.6 Å². The lowest BCUT2D eigenvalue weighted by Gasteiger charge is -2.07. The quantitative estimate of drug-likeness (QED) is 0.808. The van der Waals surface area contributed by atoms with E-state index in [9.17, 15) is 4.79 Å². The maximum absolute atomic E-state index is 12.0. The van der Waals surface area contributed by atoms with Crippen molar-refractivity contribution in [1.29, 1.82) is 0 Å². The Bertz CT molecular complexity index is 738. The molecule has 2 aromatic heterocycles. The van der Waals surface area contributed by atoms with E-state index in [1.165, 1.54) is 0 Å². The molecule has 0 aliphatic rings. The molecule has 100 valence electrons. The maximum Gasteiger partial charge on any atom is 0.286 e. The maximum atomic E-state index is 12.0. The Labute approximate surface area is 123 Å². The standard InChI is InChI=1S/C13H9ClN4OS/c14-13-17-16-12(20-13)11(19)15-9-4-3-5-10(8-9)18-6-1-2-7-18/h1-8H,(H,15,19). The van der Waals surface area contributed by atoms with Crippen molar-refractivity contribution in [1.82, 2.24) is 14.8 Å². The number of carbonyl (C=O) groups excluding carboxylic acids is 1. The third-order valence-electron chi connectivity index (χ3n) is 2.60. The normalized spacial score (nSPS) is 10.4. The molecular formula is C13H9ClN4OS. The minimum atomic E-state index is -0.320. The lowest BCUT2D eigenvalue weighted by atomic mass is 10.2. The van der Waals surface area contributed by atoms with Crippen molar-refractivity contribution in [2.75, 3.05) is 5.32 Å². The van der Waals surface area contributed by atoms with Gasteiger partial charge in [-0.05, 0) is 41.9 Å². The fourth-order valence-electron chi connectivity index (χ4n) is 1.73. The SMILES string of the molecule is O=C(Nc1cccc(-n2cccc2)c1)c1nnc(Cl)s1. The van der Waals surface area contributed by atoms with Gasteiger partial charge in [-0.2, -0.15) is 0 Å². The van der Waals surface area contributed by atoms with Crippen LogP contribution in [0.1, 0.15) is 9.80 Å². The summed E-state index contributed by atoms with van der Waals surface area (Å²) in [7, 11) is 0. The molecule has 1 amide bonds. The molecule has 0 aliphatic carbocycles. The van der Waals surface area contributed by atoms with Crippen LogP contribution in [0.5, 0.6) is 0 Å². The summed E-state index contributed by atoms with van der Waals surface area (Å²) in [6, 6.07) is 11.4. The van der Waals surface area contributed by atoms with E-state index >= 15 is 0 Å². The lowest BCUT2D eigenvalue weighted by Crippen LogP contribution is -2.11. The number of rotatable bonds is 3. The van der Waals surface area contributed by atoms with Gasteiger partial charge in [0.15, 0.2) is 0 Å². The highest BCUT2D eigenvalue weighted by atomic mass is 35.5. The highest BCUT2D eigenvalue weighted by Crippen LogP contribution is 2.18. The number of aromatic nitrogens is 3. The number of halogens is 1. The molecule has 0 atom stereocenters. The summed E-state index contributed by atoms with van der Waals surface area (Å²) < 4.78 is 2.20. The van der Waals surface area contributed by atoms with Crippen LogP contribution in [0.3, 0.4) is 0 Å². The fraction of sp³-hybridized carbons (Fsp3) is 0. The number of amides is 1. The Morgan fingerprint density at radius 2 is 2.00 bits per heavy atom. The molecule has 7 heteroatoms. The molecule has 20 heavy (non-hydrogen) atoms. The lowest BCUT2D eigenvalue weighted by molar-refractivity contribution is 0.102. The molecule has 5 nitrogen and oxygen atoms in total. The van der Waals surface area contributed by atoms with Gasteiger partial charge in [0, 0.05) is 23.8 Å². The molecule has 0 saturated carbocycles. The fourth-order valence-corrected chi connectivity index (χ4v) is 2.46. The van der Waals surface area contributed by atoms with Crippen molar-refractivity contribution in [2.24, 2.45) is 0 Å². The van der Waals surface area contributed by atoms with Crippen molar-refractivity contribution in [3.8, 4) is 5.69 Å². The molecule has 0 spiro atoms. The number of anilines is 1. The van der Waals surface area contributed by atoms with Gasteiger partial charge in [-0.3, -0.25) is 4.79 Å². The number of hydrogen-bond donors (Lipinski definition) is 1. The van der Waals surface area contributed by atoms with Crippen molar-refractivity contribution in [3.63, 3.8) is 0 Å². The van der Waals surface area contributed by atoms with Gasteiger partial charge in [0.25, 0.3) is 5.91 Å². The topological polar surface area (TPSA) is 59.8 Å². The first-order valence-electron chi connectivity index (χ1n) is 5.76. The minimum Gasteiger partial charge on any atom is -0.324 e. The summed E-state index contributed by atoms with van der Waals surface area (Å²) >= 11 is 6.70. The van der Waals surface area contributed by atoms with E-state index in [0.29, 0.717) is 5.69 Å². The number of carbonyl (C=O) groups is 1. The summed E-state index contributed by atoms with van der Waals surface area (Å²) in [4.78, 5) is 12.0. The van der Waals surface area contributed by atoms with Gasteiger partial charge in [0.2, 0.25) is 9.47 Å². The van der Waals surface area contributed by atoms with Gasteiger partial charge in [-0.1, -0.05) is 17.4 Å². The molecule has 0 saturated heterocycles. The van der Waals surface area contributed by atoms with Crippen LogP contribution in [0.25, 0.3) is 5.69 Å². The van der Waals surface area contributed by atoms with Gasteiger partial charge in [-0.25, -0.2) is 0 Å². The summed E-state index contributed by atoms with van der Waals surface area (Å²) in [5.41, 5.74) is 1.65. The van der Waals surface area contributed by atoms with Crippen LogP contribution in [0.2, 0.25) is 4.47 Å². The minimum absolute atomic E-state index is 0.237. The first kappa shape index (κ1) is 12.8. The van der Waals surface area contributed by atoms with Crippen LogP contribution in [-0.2, 0) is 0 Å². The molecule has 3 aromatic rings. The van der Waals surface area contributed by atoms with Gasteiger partial charge in [-0.15, -0.1) is 10.2 Å². The monoisotopic (exact) mass is 304 g/mol. The number of nitrogens with zero attached hydrogens (tertiary/aromatic N) is 3. The van der Waals surface area contributed by atoms with E-state index in [1.54, 1.807) is 0 Å². The predicted octanol–water partition coefficient (Wildman–Crippen LogP) is 3.23. The average Bonchev–Trinajstić information content (AvgIpc) is 3.10. The number of benzene rings is 1. The second-order valence-electron chi connectivity index (χ2n) is 3.95. The molecular weight excluding hydrogens is 296 g/mol. The first-order chi connectivity index (χ1) is 9.72. The third kappa shape index (κ3) is 2.71. The molecule has 0 radical (unpaired) electrons. The molecule has 0 bridgehead atoms. The summed E-state index contributed by atoms with van der Waals surface area (Å²) in [6.07, 6.45) is 3.87. The van der Waals surface area contributed by atoms with Crippen LogP contribution in [0, 0.1) is 0 Å². The largest absolute Gasteiger partial charge is 0.324 e. The van der Waals surface area contributed by atoms with Crippen molar-refractivity contribution in [2.45, 2.75) is 0 Å². The van der Waals surface area contributed by atoms with Crippen LogP contribution >= 0.6 is 22.9 Å². The zero-order chi connectivity index (χ0) is 13.9. The second kappa shape index (κ2) is 5.44. The molecule has 0 fully saturated rings. The zero-order valence-corrected chi connectivity index (χ0v) is 11.7. The van der Waals surface area contributed by atoms with Gasteiger partial charge < -0.3 is 9.88 Å². The van der Waals surface area contributed by atoms with Gasteiger partial charge >= 0.3 is 0 Å². The van der Waals surface area contributed by atoms with Crippen molar-refractivity contribution in [3.05, 3.63) is 58.3 Å². The smallest absolute Gasteiger partial charge is 0.286 e. The van der Waals surface area contributed by atoms with Crippen LogP contribution in [-0.4, -0.2) is 20.7 Å². The molecule has 0 unspecified atom stereocenters. The molecule has 0 aliphatic heterocycles. The van der Waals surface area contributed by atoms with E-state index in [-0.39, 0.29) is 15.4 Å². The zero-order valence-electron chi connectivity index (χ0n) is 10.2. The highest BCUT2D eigenvalue weighted by Gasteiger charge is 2.12. The Morgan fingerprint density at radius 3 is 2.70 bits per heavy atom. The Kier molecular flexibility index (Phi) is 3.49. The van der Waals surface area contributed by atoms with E-state index < -0.39 is 0 Å². The molecule has 2 heterocycles. The van der Waals surface area contributed by atoms with Crippen LogP contribution in [0.4, 0.5) is 5.69 Å². The Hall–Kier alpha value is -2.18. The third-order valence-corrected chi connectivity index (χ3v) is 3.62. The number of hydrogen-bond acceptors (Lipinski definition) is 4. The molecule has 1 aromatic carbocycles. The average molecular weight is 305 g/mol. The molecule has 3 rings (SSSR count). The molecule has 1 N–H and O–H groups in total. The van der Waals surface area contributed by atoms with Crippen molar-refractivity contribution < 1.29 is 4.79 Å². The van der Waals surface area contributed by atoms with E-state index in [1.807, 2.05) is 53.4 Å². The van der Waals surface area contributed by atoms with Gasteiger partial charge in [0.1, 0.15) is 0 Å². The summed E-state index contributed by atoms with van der Waals surface area (Å²) in [6.45, 7) is 0. The highest BCUT2D eigenvalue weighted by molar-refractivity contribution is 7.17. The summed E-state index contributed by atoms with van der Waals surface area (Å²) in [5.74, 6) is -0.320. The number of nitrogens with one attached hydrogen (secondary N) is 1. The van der Waals surface area contributed by atoms with Gasteiger partial charge in [0.05, 0.1) is 0 Å². The Morgan fingerprint density at radius 1 is 1.20 bits per heavy atom. The Balaban J connectivity index is 1.81. The predicted molar refractivity (Wildman–Crippen MR) is 78.6 cm³/mol. The van der Waals surface area contributed by atoms with E-state index in [2.05, 4.69) is 15.5 Å². The second-order valence-corrected chi connectivity index (χ2v) is 5.51. The van der Waals surface area contributed by atoms with E-state index in [0.717, 1.165) is 17.0 Å².